The molecule has 4 heteroatoms. The smallest absolute Gasteiger partial charge is 0.237 e. The SMILES string of the molecule is O=C(CN1CCCC1)N(Cc1ccccc1F)C1CC1. The molecule has 2 fully saturated rings. The number of hydrogen-bond donors (Lipinski definition) is 0. The van der Waals surface area contributed by atoms with Crippen LogP contribution in [0.2, 0.25) is 0 Å². The molecule has 1 amide bonds. The average molecular weight is 276 g/mol. The number of carbonyl (C=O) groups is 1. The van der Waals surface area contributed by atoms with E-state index in [1.54, 1.807) is 12.1 Å². The molecule has 3 nitrogen and oxygen atoms in total. The summed E-state index contributed by atoms with van der Waals surface area (Å²) >= 11 is 0. The van der Waals surface area contributed by atoms with Gasteiger partial charge in [0.2, 0.25) is 5.91 Å². The highest BCUT2D eigenvalue weighted by atomic mass is 19.1. The zero-order valence-electron chi connectivity index (χ0n) is 11.7. The van der Waals surface area contributed by atoms with Gasteiger partial charge in [-0.05, 0) is 44.8 Å². The largest absolute Gasteiger partial charge is 0.334 e. The van der Waals surface area contributed by atoms with Gasteiger partial charge in [0, 0.05) is 18.2 Å². The minimum atomic E-state index is -0.216. The van der Waals surface area contributed by atoms with E-state index in [0.29, 0.717) is 24.7 Å². The highest BCUT2D eigenvalue weighted by molar-refractivity contribution is 5.79. The lowest BCUT2D eigenvalue weighted by molar-refractivity contribution is -0.133. The summed E-state index contributed by atoms with van der Waals surface area (Å²) in [6.45, 7) is 2.93. The van der Waals surface area contributed by atoms with E-state index >= 15 is 0 Å². The first-order valence-electron chi connectivity index (χ1n) is 7.49. The summed E-state index contributed by atoms with van der Waals surface area (Å²) in [7, 11) is 0. The van der Waals surface area contributed by atoms with Gasteiger partial charge in [0.05, 0.1) is 6.54 Å². The topological polar surface area (TPSA) is 23.6 Å². The van der Waals surface area contributed by atoms with Gasteiger partial charge in [0.1, 0.15) is 5.82 Å². The fraction of sp³-hybridized carbons (Fsp3) is 0.562. The zero-order chi connectivity index (χ0) is 13.9. The Labute approximate surface area is 119 Å². The molecular weight excluding hydrogens is 255 g/mol. The van der Waals surface area contributed by atoms with Crippen LogP contribution in [-0.2, 0) is 11.3 Å². The molecule has 0 N–H and O–H groups in total. The summed E-state index contributed by atoms with van der Waals surface area (Å²) in [4.78, 5) is 16.5. The number of rotatable bonds is 5. The Hall–Kier alpha value is -1.42. The molecule has 0 radical (unpaired) electrons. The summed E-state index contributed by atoms with van der Waals surface area (Å²) in [5, 5.41) is 0. The minimum absolute atomic E-state index is 0.151. The van der Waals surface area contributed by atoms with Crippen molar-refractivity contribution < 1.29 is 9.18 Å². The van der Waals surface area contributed by atoms with Crippen molar-refractivity contribution in [2.75, 3.05) is 19.6 Å². The van der Waals surface area contributed by atoms with E-state index in [1.165, 1.54) is 18.9 Å². The van der Waals surface area contributed by atoms with Gasteiger partial charge in [-0.3, -0.25) is 9.69 Å². The van der Waals surface area contributed by atoms with Crippen molar-refractivity contribution in [3.05, 3.63) is 35.6 Å². The summed E-state index contributed by atoms with van der Waals surface area (Å²) in [5.41, 5.74) is 0.620. The van der Waals surface area contributed by atoms with Crippen LogP contribution in [0, 0.1) is 5.82 Å². The molecule has 1 aliphatic heterocycles. The predicted octanol–water partition coefficient (Wildman–Crippen LogP) is 2.41. The normalized spacial score (nSPS) is 19.2. The Morgan fingerprint density at radius 1 is 1.25 bits per heavy atom. The third kappa shape index (κ3) is 3.18. The number of carbonyl (C=O) groups excluding carboxylic acids is 1. The third-order valence-electron chi connectivity index (χ3n) is 4.16. The molecule has 1 saturated carbocycles. The van der Waals surface area contributed by atoms with Gasteiger partial charge in [-0.25, -0.2) is 4.39 Å². The van der Waals surface area contributed by atoms with Crippen molar-refractivity contribution in [1.82, 2.24) is 9.80 Å². The summed E-state index contributed by atoms with van der Waals surface area (Å²) in [6.07, 6.45) is 4.48. The maximum Gasteiger partial charge on any atom is 0.237 e. The van der Waals surface area contributed by atoms with Crippen molar-refractivity contribution in [2.24, 2.45) is 0 Å². The van der Waals surface area contributed by atoms with Crippen LogP contribution in [0.4, 0.5) is 4.39 Å². The number of amides is 1. The Bertz CT molecular complexity index is 481. The fourth-order valence-electron chi connectivity index (χ4n) is 2.84. The van der Waals surface area contributed by atoms with Gasteiger partial charge < -0.3 is 4.90 Å². The van der Waals surface area contributed by atoms with Crippen LogP contribution in [0.5, 0.6) is 0 Å². The second kappa shape index (κ2) is 5.92. The Morgan fingerprint density at radius 3 is 2.60 bits per heavy atom. The Balaban J connectivity index is 1.66. The maximum absolute atomic E-state index is 13.8. The van der Waals surface area contributed by atoms with Crippen LogP contribution < -0.4 is 0 Å². The van der Waals surface area contributed by atoms with Gasteiger partial charge in [-0.2, -0.15) is 0 Å². The molecule has 2 aliphatic rings. The van der Waals surface area contributed by atoms with Crippen molar-refractivity contribution in [2.45, 2.75) is 38.3 Å². The van der Waals surface area contributed by atoms with Crippen LogP contribution >= 0.6 is 0 Å². The Kier molecular flexibility index (Phi) is 4.01. The first-order chi connectivity index (χ1) is 9.74. The first-order valence-corrected chi connectivity index (χ1v) is 7.49. The fourth-order valence-corrected chi connectivity index (χ4v) is 2.84. The van der Waals surface area contributed by atoms with Gasteiger partial charge >= 0.3 is 0 Å². The van der Waals surface area contributed by atoms with Crippen molar-refractivity contribution >= 4 is 5.91 Å². The predicted molar refractivity (Wildman–Crippen MR) is 75.6 cm³/mol. The molecular formula is C16H21FN2O. The summed E-state index contributed by atoms with van der Waals surface area (Å²) in [6, 6.07) is 7.07. The number of likely N-dealkylation sites (tertiary alicyclic amines) is 1. The first kappa shape index (κ1) is 13.6. The molecule has 0 aromatic heterocycles. The van der Waals surface area contributed by atoms with E-state index in [1.807, 2.05) is 11.0 Å². The molecule has 108 valence electrons. The van der Waals surface area contributed by atoms with E-state index in [4.69, 9.17) is 0 Å². The number of benzene rings is 1. The quantitative estimate of drug-likeness (QED) is 0.824. The zero-order valence-corrected chi connectivity index (χ0v) is 11.7. The lowest BCUT2D eigenvalue weighted by Gasteiger charge is -2.25. The molecule has 1 saturated heterocycles. The van der Waals surface area contributed by atoms with E-state index in [-0.39, 0.29) is 11.7 Å². The van der Waals surface area contributed by atoms with E-state index in [9.17, 15) is 9.18 Å². The van der Waals surface area contributed by atoms with Crippen molar-refractivity contribution in [3.63, 3.8) is 0 Å². The molecule has 1 heterocycles. The molecule has 1 aromatic rings. The molecule has 0 unspecified atom stereocenters. The molecule has 0 spiro atoms. The second-order valence-electron chi connectivity index (χ2n) is 5.83. The second-order valence-corrected chi connectivity index (χ2v) is 5.83. The van der Waals surface area contributed by atoms with Crippen molar-refractivity contribution in [3.8, 4) is 0 Å². The van der Waals surface area contributed by atoms with E-state index in [0.717, 1.165) is 25.9 Å². The molecule has 0 bridgehead atoms. The lowest BCUT2D eigenvalue weighted by atomic mass is 10.2. The molecule has 1 aromatic carbocycles. The summed E-state index contributed by atoms with van der Waals surface area (Å²) < 4.78 is 13.8. The highest BCUT2D eigenvalue weighted by Crippen LogP contribution is 2.29. The van der Waals surface area contributed by atoms with Crippen LogP contribution in [-0.4, -0.2) is 41.4 Å². The highest BCUT2D eigenvalue weighted by Gasteiger charge is 2.33. The maximum atomic E-state index is 13.8. The van der Waals surface area contributed by atoms with E-state index < -0.39 is 0 Å². The van der Waals surface area contributed by atoms with Gasteiger partial charge in [0.25, 0.3) is 0 Å². The van der Waals surface area contributed by atoms with Crippen LogP contribution in [0.25, 0.3) is 0 Å². The molecule has 1 aliphatic carbocycles. The number of halogens is 1. The number of hydrogen-bond acceptors (Lipinski definition) is 2. The van der Waals surface area contributed by atoms with Crippen LogP contribution in [0.15, 0.2) is 24.3 Å². The van der Waals surface area contributed by atoms with Crippen LogP contribution in [0.3, 0.4) is 0 Å². The van der Waals surface area contributed by atoms with Gasteiger partial charge in [-0.15, -0.1) is 0 Å². The third-order valence-corrected chi connectivity index (χ3v) is 4.16. The molecule has 3 rings (SSSR count). The van der Waals surface area contributed by atoms with E-state index in [2.05, 4.69) is 4.90 Å². The Morgan fingerprint density at radius 2 is 1.95 bits per heavy atom. The molecule has 0 atom stereocenters. The minimum Gasteiger partial charge on any atom is -0.334 e. The standard InChI is InChI=1S/C16H21FN2O/c17-15-6-2-1-5-13(15)11-19(14-7-8-14)16(20)12-18-9-3-4-10-18/h1-2,5-6,14H,3-4,7-12H2. The van der Waals surface area contributed by atoms with Gasteiger partial charge in [-0.1, -0.05) is 18.2 Å². The average Bonchev–Trinajstić information content (AvgIpc) is 3.15. The monoisotopic (exact) mass is 276 g/mol. The molecule has 20 heavy (non-hydrogen) atoms. The van der Waals surface area contributed by atoms with Gasteiger partial charge in [0.15, 0.2) is 0 Å². The van der Waals surface area contributed by atoms with Crippen molar-refractivity contribution in [1.29, 1.82) is 0 Å². The number of nitrogens with zero attached hydrogens (tertiary/aromatic N) is 2. The summed E-state index contributed by atoms with van der Waals surface area (Å²) in [5.74, 6) is -0.0650. The van der Waals surface area contributed by atoms with Crippen LogP contribution in [0.1, 0.15) is 31.2 Å². The lowest BCUT2D eigenvalue weighted by Crippen LogP contribution is -2.40.